The molecule has 0 radical (unpaired) electrons. The first-order chi connectivity index (χ1) is 13.9. The average molecular weight is 384 g/mol. The Kier molecular flexibility index (Phi) is 6.71. The van der Waals surface area contributed by atoms with Gasteiger partial charge in [-0.05, 0) is 54.2 Å². The highest BCUT2D eigenvalue weighted by Gasteiger charge is 2.14. The molecular weight excluding hydrogens is 354 g/mol. The summed E-state index contributed by atoms with van der Waals surface area (Å²) < 4.78 is 0. The number of aromatic nitrogens is 1. The number of hydrogen-bond donors (Lipinski definition) is 0. The fourth-order valence-electron chi connectivity index (χ4n) is 3.26. The van der Waals surface area contributed by atoms with Crippen molar-refractivity contribution in [2.24, 2.45) is 9.98 Å². The molecule has 148 valence electrons. The van der Waals surface area contributed by atoms with Gasteiger partial charge in [0.15, 0.2) is 0 Å². The summed E-state index contributed by atoms with van der Waals surface area (Å²) in [6.07, 6.45) is 3.65. The van der Waals surface area contributed by atoms with Crippen LogP contribution in [0.2, 0.25) is 0 Å². The van der Waals surface area contributed by atoms with Crippen LogP contribution >= 0.6 is 0 Å². The topological polar surface area (TPSA) is 37.6 Å². The van der Waals surface area contributed by atoms with Crippen LogP contribution in [0.25, 0.3) is 0 Å². The fourth-order valence-corrected chi connectivity index (χ4v) is 3.26. The molecule has 0 unspecified atom stereocenters. The summed E-state index contributed by atoms with van der Waals surface area (Å²) in [7, 11) is 0. The molecular formula is C26H29N3. The van der Waals surface area contributed by atoms with E-state index in [2.05, 4.69) is 56.7 Å². The molecule has 0 saturated carbocycles. The number of pyridine rings is 1. The lowest BCUT2D eigenvalue weighted by molar-refractivity contribution is 0.832. The van der Waals surface area contributed by atoms with E-state index in [1.54, 1.807) is 6.21 Å². The van der Waals surface area contributed by atoms with Crippen molar-refractivity contribution in [1.82, 2.24) is 4.98 Å². The molecule has 0 aliphatic carbocycles. The quantitative estimate of drug-likeness (QED) is 0.417. The molecule has 0 spiro atoms. The number of nitrogens with zero attached hydrogens (tertiary/aromatic N) is 3. The van der Waals surface area contributed by atoms with Crippen molar-refractivity contribution in [3.8, 4) is 0 Å². The molecule has 3 heteroatoms. The van der Waals surface area contributed by atoms with Crippen LogP contribution in [0.5, 0.6) is 0 Å². The third kappa shape index (κ3) is 5.47. The number of benzene rings is 2. The van der Waals surface area contributed by atoms with Gasteiger partial charge < -0.3 is 0 Å². The average Bonchev–Trinajstić information content (AvgIpc) is 2.71. The first-order valence-corrected chi connectivity index (χ1v) is 10.2. The maximum absolute atomic E-state index is 4.89. The Morgan fingerprint density at radius 2 is 1.28 bits per heavy atom. The van der Waals surface area contributed by atoms with Crippen molar-refractivity contribution < 1.29 is 0 Å². The standard InChI is InChI=1S/C26H29N3/c1-18(2)24-14-20(5)15-25(19(3)4)26(24)28-17-23-13-9-12-22(29-23)16-27-21-10-7-6-8-11-21/h6-19H,1-5H3. The highest BCUT2D eigenvalue weighted by atomic mass is 14.8. The van der Waals surface area contributed by atoms with E-state index < -0.39 is 0 Å². The van der Waals surface area contributed by atoms with Crippen LogP contribution in [-0.2, 0) is 0 Å². The van der Waals surface area contributed by atoms with Gasteiger partial charge in [0, 0.05) is 0 Å². The van der Waals surface area contributed by atoms with Crippen molar-refractivity contribution in [2.75, 3.05) is 0 Å². The van der Waals surface area contributed by atoms with Crippen LogP contribution in [0.1, 0.15) is 67.6 Å². The number of para-hydroxylation sites is 1. The minimum atomic E-state index is 0.414. The maximum atomic E-state index is 4.89. The fraction of sp³-hybridized carbons (Fsp3) is 0.269. The van der Waals surface area contributed by atoms with E-state index in [-0.39, 0.29) is 0 Å². The largest absolute Gasteiger partial charge is 0.255 e. The number of hydrogen-bond acceptors (Lipinski definition) is 3. The normalized spacial score (nSPS) is 12.0. The zero-order valence-corrected chi connectivity index (χ0v) is 17.9. The summed E-state index contributed by atoms with van der Waals surface area (Å²) in [5.74, 6) is 0.827. The summed E-state index contributed by atoms with van der Waals surface area (Å²) in [6.45, 7) is 11.0. The molecule has 0 amide bonds. The van der Waals surface area contributed by atoms with Gasteiger partial charge in [0.2, 0.25) is 0 Å². The van der Waals surface area contributed by atoms with E-state index in [4.69, 9.17) is 4.99 Å². The first-order valence-electron chi connectivity index (χ1n) is 10.2. The molecule has 1 aromatic heterocycles. The predicted octanol–water partition coefficient (Wildman–Crippen LogP) is 7.14. The second kappa shape index (κ2) is 9.42. The Hall–Kier alpha value is -3.07. The zero-order chi connectivity index (χ0) is 20.8. The first kappa shape index (κ1) is 20.7. The molecule has 29 heavy (non-hydrogen) atoms. The molecule has 0 fully saturated rings. The van der Waals surface area contributed by atoms with Gasteiger partial charge in [-0.2, -0.15) is 0 Å². The van der Waals surface area contributed by atoms with Gasteiger partial charge in [0.25, 0.3) is 0 Å². The van der Waals surface area contributed by atoms with Crippen LogP contribution in [0.15, 0.2) is 70.6 Å². The molecule has 3 aromatic rings. The Labute approximate surface area is 174 Å². The Bertz CT molecular complexity index is 986. The third-order valence-corrected chi connectivity index (χ3v) is 4.78. The minimum Gasteiger partial charge on any atom is -0.255 e. The number of rotatable bonds is 6. The van der Waals surface area contributed by atoms with E-state index in [1.807, 2.05) is 54.7 Å². The van der Waals surface area contributed by atoms with Gasteiger partial charge in [-0.3, -0.25) is 9.98 Å². The molecule has 0 atom stereocenters. The summed E-state index contributed by atoms with van der Waals surface area (Å²) >= 11 is 0. The lowest BCUT2D eigenvalue weighted by Gasteiger charge is -2.17. The monoisotopic (exact) mass is 383 g/mol. The second-order valence-corrected chi connectivity index (χ2v) is 7.94. The van der Waals surface area contributed by atoms with Gasteiger partial charge in [-0.25, -0.2) is 4.98 Å². The van der Waals surface area contributed by atoms with Crippen molar-refractivity contribution in [3.05, 3.63) is 88.7 Å². The summed E-state index contributed by atoms with van der Waals surface area (Å²) in [6, 6.07) is 20.3. The lowest BCUT2D eigenvalue weighted by atomic mass is 9.91. The van der Waals surface area contributed by atoms with Crippen molar-refractivity contribution in [2.45, 2.75) is 46.5 Å². The number of aliphatic imine (C=N–C) groups is 2. The molecule has 1 heterocycles. The van der Waals surface area contributed by atoms with E-state index in [9.17, 15) is 0 Å². The molecule has 3 nitrogen and oxygen atoms in total. The van der Waals surface area contributed by atoms with Gasteiger partial charge in [0.05, 0.1) is 35.2 Å². The molecule has 0 saturated heterocycles. The summed E-state index contributed by atoms with van der Waals surface area (Å²) in [5.41, 5.74) is 7.48. The Morgan fingerprint density at radius 3 is 1.83 bits per heavy atom. The Balaban J connectivity index is 1.92. The lowest BCUT2D eigenvalue weighted by Crippen LogP contribution is -1.98. The van der Waals surface area contributed by atoms with Crippen molar-refractivity contribution >= 4 is 23.8 Å². The van der Waals surface area contributed by atoms with Crippen LogP contribution < -0.4 is 0 Å². The van der Waals surface area contributed by atoms with Crippen LogP contribution in [0, 0.1) is 6.92 Å². The van der Waals surface area contributed by atoms with E-state index in [0.717, 1.165) is 22.8 Å². The molecule has 0 bridgehead atoms. The third-order valence-electron chi connectivity index (χ3n) is 4.78. The van der Waals surface area contributed by atoms with Gasteiger partial charge in [-0.1, -0.05) is 69.7 Å². The molecule has 0 N–H and O–H groups in total. The maximum Gasteiger partial charge on any atom is 0.0820 e. The SMILES string of the molecule is Cc1cc(C(C)C)c(N=Cc2cccc(C=Nc3ccccc3)n2)c(C(C)C)c1. The number of aryl methyl sites for hydroxylation is 1. The van der Waals surface area contributed by atoms with Gasteiger partial charge in [-0.15, -0.1) is 0 Å². The molecule has 3 rings (SSSR count). The molecule has 2 aromatic carbocycles. The van der Waals surface area contributed by atoms with E-state index >= 15 is 0 Å². The molecule has 0 aliphatic heterocycles. The minimum absolute atomic E-state index is 0.414. The van der Waals surface area contributed by atoms with Crippen molar-refractivity contribution in [3.63, 3.8) is 0 Å². The highest BCUT2D eigenvalue weighted by Crippen LogP contribution is 2.35. The van der Waals surface area contributed by atoms with Gasteiger partial charge in [0.1, 0.15) is 0 Å². The second-order valence-electron chi connectivity index (χ2n) is 7.94. The van der Waals surface area contributed by atoms with E-state index in [0.29, 0.717) is 11.8 Å². The zero-order valence-electron chi connectivity index (χ0n) is 17.9. The van der Waals surface area contributed by atoms with Crippen LogP contribution in [-0.4, -0.2) is 17.4 Å². The molecule has 0 aliphatic rings. The Morgan fingerprint density at radius 1 is 0.724 bits per heavy atom. The van der Waals surface area contributed by atoms with E-state index in [1.165, 1.54) is 16.7 Å². The van der Waals surface area contributed by atoms with Gasteiger partial charge >= 0.3 is 0 Å². The van der Waals surface area contributed by atoms with Crippen LogP contribution in [0.4, 0.5) is 11.4 Å². The van der Waals surface area contributed by atoms with Crippen molar-refractivity contribution in [1.29, 1.82) is 0 Å². The summed E-state index contributed by atoms with van der Waals surface area (Å²) in [4.78, 5) is 14.0. The smallest absolute Gasteiger partial charge is 0.0820 e. The van der Waals surface area contributed by atoms with Crippen LogP contribution in [0.3, 0.4) is 0 Å². The highest BCUT2D eigenvalue weighted by molar-refractivity contribution is 5.84. The predicted molar refractivity (Wildman–Crippen MR) is 125 cm³/mol. The summed E-state index contributed by atoms with van der Waals surface area (Å²) in [5, 5.41) is 0.